The van der Waals surface area contributed by atoms with Crippen LogP contribution in [0.1, 0.15) is 20.3 Å². The van der Waals surface area contributed by atoms with Crippen molar-refractivity contribution in [2.75, 3.05) is 33.7 Å². The quantitative estimate of drug-likeness (QED) is 0.525. The van der Waals surface area contributed by atoms with E-state index >= 15 is 0 Å². The van der Waals surface area contributed by atoms with Crippen molar-refractivity contribution in [2.45, 2.75) is 48.4 Å². The maximum atomic E-state index is 12.6. The van der Waals surface area contributed by atoms with Crippen molar-refractivity contribution in [1.82, 2.24) is 0 Å². The third-order valence-corrected chi connectivity index (χ3v) is 6.06. The second kappa shape index (κ2) is 8.89. The molecule has 1 aliphatic rings. The summed E-state index contributed by atoms with van der Waals surface area (Å²) >= 11 is 1.58. The van der Waals surface area contributed by atoms with Gasteiger partial charge in [0.05, 0.1) is 19.8 Å². The summed E-state index contributed by atoms with van der Waals surface area (Å²) in [6.07, 6.45) is -0.862. The minimum atomic E-state index is -1.71. The molecule has 152 valence electrons. The number of aliphatic hydroxyl groups excluding tert-OH is 1. The first kappa shape index (κ1) is 22.1. The lowest BCUT2D eigenvalue weighted by Crippen LogP contribution is -2.71. The van der Waals surface area contributed by atoms with E-state index in [-0.39, 0.29) is 6.61 Å². The molecule has 0 amide bonds. The molecule has 1 aliphatic heterocycles. The maximum Gasteiger partial charge on any atom is 0.343 e. The monoisotopic (exact) mass is 400 g/mol. The molecule has 0 bridgehead atoms. The van der Waals surface area contributed by atoms with Crippen molar-refractivity contribution in [3.05, 3.63) is 30.3 Å². The van der Waals surface area contributed by atoms with Gasteiger partial charge in [0, 0.05) is 24.9 Å². The number of carbonyl (C=O) groups is 1. The first-order chi connectivity index (χ1) is 12.8. The second-order valence-electron chi connectivity index (χ2n) is 6.54. The Labute approximate surface area is 164 Å². The first-order valence-corrected chi connectivity index (χ1v) is 9.64. The number of aliphatic hydroxyl groups is 1. The van der Waals surface area contributed by atoms with Gasteiger partial charge in [0.1, 0.15) is 0 Å². The molecule has 1 aromatic carbocycles. The van der Waals surface area contributed by atoms with Crippen LogP contribution >= 0.6 is 11.8 Å². The van der Waals surface area contributed by atoms with Crippen LogP contribution in [0.3, 0.4) is 0 Å². The molecule has 0 aromatic heterocycles. The van der Waals surface area contributed by atoms with Gasteiger partial charge >= 0.3 is 5.97 Å². The molecule has 4 atom stereocenters. The largest absolute Gasteiger partial charge is 0.467 e. The number of thioether (sulfide) groups is 1. The summed E-state index contributed by atoms with van der Waals surface area (Å²) in [6, 6.07) is 9.81. The van der Waals surface area contributed by atoms with Gasteiger partial charge in [-0.05, 0) is 32.4 Å². The zero-order valence-electron chi connectivity index (χ0n) is 16.4. The van der Waals surface area contributed by atoms with Crippen molar-refractivity contribution in [1.29, 1.82) is 0 Å². The minimum absolute atomic E-state index is 0.222. The molecule has 0 aliphatic carbocycles. The fourth-order valence-electron chi connectivity index (χ4n) is 2.93. The van der Waals surface area contributed by atoms with Gasteiger partial charge in [-0.1, -0.05) is 18.2 Å². The Morgan fingerprint density at radius 1 is 1.19 bits per heavy atom. The average molecular weight is 400 g/mol. The molecule has 0 spiro atoms. The first-order valence-electron chi connectivity index (χ1n) is 8.65. The zero-order chi connectivity index (χ0) is 20.1. The summed E-state index contributed by atoms with van der Waals surface area (Å²) in [5.74, 6) is -2.82. The lowest BCUT2D eigenvalue weighted by molar-refractivity contribution is -0.453. The van der Waals surface area contributed by atoms with Crippen molar-refractivity contribution in [3.63, 3.8) is 0 Å². The van der Waals surface area contributed by atoms with E-state index in [0.29, 0.717) is 12.2 Å². The van der Waals surface area contributed by atoms with Crippen LogP contribution < -0.4 is 0 Å². The van der Waals surface area contributed by atoms with Crippen LogP contribution in [0, 0.1) is 0 Å². The standard InChI is InChI=1S/C19H28O7S/c1-17(23-4)18(2,24-5)26-19(13-25-17,16(21)22-3)15(20)11-12-27-14-9-7-6-8-10-14/h6-10,15,20H,11-13H2,1-5H3/t15-,17+,18+,19+/m1/s1. The SMILES string of the molecule is COC(=O)[C@@]1([C@H](O)CCSc2ccccc2)CO[C@](C)(OC)[C@@](C)(OC)O1. The Balaban J connectivity index is 2.17. The van der Waals surface area contributed by atoms with Crippen molar-refractivity contribution >= 4 is 17.7 Å². The smallest absolute Gasteiger partial charge is 0.343 e. The Morgan fingerprint density at radius 3 is 2.37 bits per heavy atom. The van der Waals surface area contributed by atoms with Gasteiger partial charge in [0.15, 0.2) is 0 Å². The Bertz CT molecular complexity index is 628. The molecule has 1 aromatic rings. The summed E-state index contributed by atoms with van der Waals surface area (Å²) in [6.45, 7) is 3.02. The van der Waals surface area contributed by atoms with E-state index in [4.69, 9.17) is 23.7 Å². The van der Waals surface area contributed by atoms with Crippen molar-refractivity contribution in [3.8, 4) is 0 Å². The molecule has 1 saturated heterocycles. The van der Waals surface area contributed by atoms with Gasteiger partial charge in [-0.25, -0.2) is 4.79 Å². The molecule has 0 radical (unpaired) electrons. The average Bonchev–Trinajstić information content (AvgIpc) is 2.70. The van der Waals surface area contributed by atoms with E-state index in [0.717, 1.165) is 4.90 Å². The Morgan fingerprint density at radius 2 is 1.81 bits per heavy atom. The third kappa shape index (κ3) is 4.31. The second-order valence-corrected chi connectivity index (χ2v) is 7.71. The highest BCUT2D eigenvalue weighted by Gasteiger charge is 2.63. The van der Waals surface area contributed by atoms with Crippen LogP contribution in [0.4, 0.5) is 0 Å². The predicted octanol–water partition coefficient (Wildman–Crippen LogP) is 2.21. The highest BCUT2D eigenvalue weighted by molar-refractivity contribution is 7.99. The summed E-state index contributed by atoms with van der Waals surface area (Å²) in [5, 5.41) is 10.9. The topological polar surface area (TPSA) is 83.5 Å². The molecular weight excluding hydrogens is 372 g/mol. The molecule has 0 unspecified atom stereocenters. The molecule has 1 heterocycles. The summed E-state index contributed by atoms with van der Waals surface area (Å²) < 4.78 is 27.6. The molecule has 2 rings (SSSR count). The maximum absolute atomic E-state index is 12.6. The van der Waals surface area contributed by atoms with E-state index < -0.39 is 29.2 Å². The van der Waals surface area contributed by atoms with Crippen LogP contribution in [-0.2, 0) is 28.5 Å². The number of esters is 1. The van der Waals surface area contributed by atoms with Gasteiger partial charge in [-0.2, -0.15) is 0 Å². The number of hydrogen-bond donors (Lipinski definition) is 1. The molecule has 8 heteroatoms. The minimum Gasteiger partial charge on any atom is -0.467 e. The van der Waals surface area contributed by atoms with Gasteiger partial charge in [-0.15, -0.1) is 11.8 Å². The number of rotatable bonds is 8. The molecule has 1 fully saturated rings. The van der Waals surface area contributed by atoms with Gasteiger partial charge in [-0.3, -0.25) is 0 Å². The van der Waals surface area contributed by atoms with Crippen LogP contribution in [0.25, 0.3) is 0 Å². The normalized spacial score (nSPS) is 32.1. The molecule has 7 nitrogen and oxygen atoms in total. The van der Waals surface area contributed by atoms with Crippen molar-refractivity contribution < 1.29 is 33.6 Å². The van der Waals surface area contributed by atoms with E-state index in [2.05, 4.69) is 0 Å². The summed E-state index contributed by atoms with van der Waals surface area (Å²) in [5.41, 5.74) is -1.71. The van der Waals surface area contributed by atoms with E-state index in [9.17, 15) is 9.90 Å². The van der Waals surface area contributed by atoms with Crippen LogP contribution in [0.5, 0.6) is 0 Å². The van der Waals surface area contributed by atoms with Gasteiger partial charge < -0.3 is 28.8 Å². The molecule has 27 heavy (non-hydrogen) atoms. The number of hydrogen-bond acceptors (Lipinski definition) is 8. The highest BCUT2D eigenvalue weighted by Crippen LogP contribution is 2.43. The third-order valence-electron chi connectivity index (χ3n) is 5.02. The Hall–Kier alpha value is -1.16. The zero-order valence-corrected chi connectivity index (χ0v) is 17.2. The van der Waals surface area contributed by atoms with Crippen molar-refractivity contribution in [2.24, 2.45) is 0 Å². The summed E-state index contributed by atoms with van der Waals surface area (Å²) in [7, 11) is 4.12. The van der Waals surface area contributed by atoms with Crippen LogP contribution in [-0.4, -0.2) is 68.0 Å². The number of carbonyl (C=O) groups excluding carboxylic acids is 1. The number of ether oxygens (including phenoxy) is 5. The van der Waals surface area contributed by atoms with E-state index in [1.807, 2.05) is 30.3 Å². The predicted molar refractivity (Wildman–Crippen MR) is 100 cm³/mol. The fourth-order valence-corrected chi connectivity index (χ4v) is 3.86. The summed E-state index contributed by atoms with van der Waals surface area (Å²) in [4.78, 5) is 13.7. The van der Waals surface area contributed by atoms with E-state index in [1.54, 1.807) is 25.6 Å². The van der Waals surface area contributed by atoms with Crippen LogP contribution in [0.2, 0.25) is 0 Å². The molecule has 1 N–H and O–H groups in total. The number of benzene rings is 1. The van der Waals surface area contributed by atoms with E-state index in [1.165, 1.54) is 21.3 Å². The lowest BCUT2D eigenvalue weighted by Gasteiger charge is -2.53. The van der Waals surface area contributed by atoms with Gasteiger partial charge in [0.25, 0.3) is 0 Å². The van der Waals surface area contributed by atoms with Gasteiger partial charge in [0.2, 0.25) is 17.2 Å². The Kier molecular flexibility index (Phi) is 7.29. The lowest BCUT2D eigenvalue weighted by atomic mass is 9.91. The highest BCUT2D eigenvalue weighted by atomic mass is 32.2. The fraction of sp³-hybridized carbons (Fsp3) is 0.632. The van der Waals surface area contributed by atoms with Crippen LogP contribution in [0.15, 0.2) is 35.2 Å². The number of methoxy groups -OCH3 is 3. The molecular formula is C19H28O7S. The molecule has 0 saturated carbocycles.